The van der Waals surface area contributed by atoms with E-state index in [1.54, 1.807) is 24.3 Å². The predicted molar refractivity (Wildman–Crippen MR) is 73.2 cm³/mol. The second kappa shape index (κ2) is 4.50. The average Bonchev–Trinajstić information content (AvgIpc) is 2.83. The van der Waals surface area contributed by atoms with Gasteiger partial charge in [-0.3, -0.25) is 4.79 Å². The van der Waals surface area contributed by atoms with Crippen molar-refractivity contribution in [2.75, 3.05) is 0 Å². The van der Waals surface area contributed by atoms with Crippen LogP contribution in [0.5, 0.6) is 0 Å². The molecule has 6 nitrogen and oxygen atoms in total. The maximum atomic E-state index is 12.0. The highest BCUT2D eigenvalue weighted by Crippen LogP contribution is 2.25. The number of nitrogens with one attached hydrogen (secondary N) is 1. The van der Waals surface area contributed by atoms with Gasteiger partial charge in [0.25, 0.3) is 5.56 Å². The molecule has 2 N–H and O–H groups in total. The first-order valence-electron chi connectivity index (χ1n) is 5.67. The molecule has 3 rings (SSSR count). The van der Waals surface area contributed by atoms with Crippen molar-refractivity contribution in [2.45, 2.75) is 0 Å². The normalized spacial score (nSPS) is 10.8. The van der Waals surface area contributed by atoms with Gasteiger partial charge in [0, 0.05) is 16.7 Å². The highest BCUT2D eigenvalue weighted by molar-refractivity contribution is 6.33. The molecule has 0 unspecified atom stereocenters. The van der Waals surface area contributed by atoms with Gasteiger partial charge in [0.1, 0.15) is 5.56 Å². The van der Waals surface area contributed by atoms with Crippen molar-refractivity contribution in [3.8, 4) is 11.3 Å². The molecule has 0 saturated heterocycles. The first kappa shape index (κ1) is 12.4. The summed E-state index contributed by atoms with van der Waals surface area (Å²) in [5.74, 6) is -1.16. The molecule has 3 aromatic rings. The Balaban J connectivity index is 2.34. The fourth-order valence-corrected chi connectivity index (χ4v) is 2.20. The smallest absolute Gasteiger partial charge is 0.341 e. The van der Waals surface area contributed by atoms with E-state index in [0.29, 0.717) is 16.3 Å². The molecule has 7 heteroatoms. The molecule has 0 radical (unpaired) electrons. The number of hydrogen-bond donors (Lipinski definition) is 2. The van der Waals surface area contributed by atoms with E-state index in [0.717, 1.165) is 10.7 Å². The van der Waals surface area contributed by atoms with Crippen LogP contribution in [0.15, 0.2) is 41.3 Å². The largest absolute Gasteiger partial charge is 0.477 e. The maximum Gasteiger partial charge on any atom is 0.341 e. The second-order valence-corrected chi connectivity index (χ2v) is 4.53. The summed E-state index contributed by atoms with van der Waals surface area (Å²) in [7, 11) is 0. The van der Waals surface area contributed by atoms with Crippen LogP contribution < -0.4 is 5.56 Å². The van der Waals surface area contributed by atoms with Gasteiger partial charge in [-0.15, -0.1) is 0 Å². The zero-order chi connectivity index (χ0) is 14.3. The Bertz CT molecular complexity index is 882. The lowest BCUT2D eigenvalue weighted by Gasteiger charge is -2.05. The number of aromatic carboxylic acids is 1. The number of fused-ring (bicyclic) bond motifs is 1. The lowest BCUT2D eigenvalue weighted by molar-refractivity contribution is 0.0699. The minimum absolute atomic E-state index is 0.0731. The number of halogens is 1. The summed E-state index contributed by atoms with van der Waals surface area (Å²) in [4.78, 5) is 26.0. The van der Waals surface area contributed by atoms with Gasteiger partial charge < -0.3 is 10.1 Å². The van der Waals surface area contributed by atoms with E-state index in [9.17, 15) is 9.59 Å². The van der Waals surface area contributed by atoms with Crippen molar-refractivity contribution in [2.24, 2.45) is 0 Å². The topological polar surface area (TPSA) is 87.5 Å². The van der Waals surface area contributed by atoms with E-state index in [-0.39, 0.29) is 11.2 Å². The fourth-order valence-electron chi connectivity index (χ4n) is 1.97. The minimum atomic E-state index is -1.16. The van der Waals surface area contributed by atoms with Crippen LogP contribution in [0.2, 0.25) is 5.02 Å². The molecule has 20 heavy (non-hydrogen) atoms. The molecule has 0 aliphatic carbocycles. The number of carboxylic acid groups (broad SMARTS) is 1. The molecular weight excluding hydrogens is 282 g/mol. The third kappa shape index (κ3) is 1.86. The van der Waals surface area contributed by atoms with Crippen molar-refractivity contribution in [1.29, 1.82) is 0 Å². The highest BCUT2D eigenvalue weighted by Gasteiger charge is 2.15. The molecule has 0 spiro atoms. The Hall–Kier alpha value is -2.60. The minimum Gasteiger partial charge on any atom is -0.477 e. The average molecular weight is 290 g/mol. The molecule has 0 fully saturated rings. The Morgan fingerprint density at radius 2 is 2.10 bits per heavy atom. The third-order valence-corrected chi connectivity index (χ3v) is 3.22. The molecule has 0 amide bonds. The SMILES string of the molecule is O=C(O)c1cnn2c(=O)cc(-c3ccccc3Cl)[nH]c12. The van der Waals surface area contributed by atoms with E-state index in [1.165, 1.54) is 6.07 Å². The molecule has 2 heterocycles. The summed E-state index contributed by atoms with van der Waals surface area (Å²) >= 11 is 6.08. The Morgan fingerprint density at radius 3 is 2.80 bits per heavy atom. The molecule has 0 bridgehead atoms. The lowest BCUT2D eigenvalue weighted by Crippen LogP contribution is -2.15. The summed E-state index contributed by atoms with van der Waals surface area (Å²) < 4.78 is 1.00. The van der Waals surface area contributed by atoms with E-state index >= 15 is 0 Å². The molecule has 2 aromatic heterocycles. The monoisotopic (exact) mass is 289 g/mol. The third-order valence-electron chi connectivity index (χ3n) is 2.89. The van der Waals surface area contributed by atoms with E-state index in [4.69, 9.17) is 16.7 Å². The number of benzene rings is 1. The van der Waals surface area contributed by atoms with E-state index in [2.05, 4.69) is 10.1 Å². The van der Waals surface area contributed by atoms with Gasteiger partial charge in [-0.1, -0.05) is 29.8 Å². The van der Waals surface area contributed by atoms with Gasteiger partial charge in [-0.2, -0.15) is 9.61 Å². The number of carboxylic acids is 1. The van der Waals surface area contributed by atoms with Gasteiger partial charge in [-0.05, 0) is 6.07 Å². The number of carbonyl (C=O) groups is 1. The number of rotatable bonds is 2. The van der Waals surface area contributed by atoms with Crippen LogP contribution in [0.3, 0.4) is 0 Å². The first-order valence-corrected chi connectivity index (χ1v) is 6.05. The van der Waals surface area contributed by atoms with Crippen molar-refractivity contribution in [1.82, 2.24) is 14.6 Å². The number of nitrogens with zero attached hydrogens (tertiary/aromatic N) is 2. The number of H-pyrrole nitrogens is 1. The number of aromatic amines is 1. The predicted octanol–water partition coefficient (Wildman–Crippen LogP) is 2.04. The fraction of sp³-hybridized carbons (Fsp3) is 0. The molecular formula is C13H8ClN3O3. The van der Waals surface area contributed by atoms with Crippen LogP contribution in [-0.4, -0.2) is 25.7 Å². The van der Waals surface area contributed by atoms with Crippen LogP contribution in [-0.2, 0) is 0 Å². The van der Waals surface area contributed by atoms with Crippen molar-refractivity contribution >= 4 is 23.2 Å². The molecule has 0 atom stereocenters. The summed E-state index contributed by atoms with van der Waals surface area (Å²) in [5, 5.41) is 13.3. The van der Waals surface area contributed by atoms with Crippen LogP contribution in [0.1, 0.15) is 10.4 Å². The van der Waals surface area contributed by atoms with E-state index < -0.39 is 11.5 Å². The van der Waals surface area contributed by atoms with Crippen LogP contribution >= 0.6 is 11.6 Å². The van der Waals surface area contributed by atoms with Gasteiger partial charge in [0.15, 0.2) is 5.65 Å². The lowest BCUT2D eigenvalue weighted by atomic mass is 10.1. The van der Waals surface area contributed by atoms with Crippen LogP contribution in [0, 0.1) is 0 Å². The van der Waals surface area contributed by atoms with Gasteiger partial charge in [0.2, 0.25) is 0 Å². The zero-order valence-electron chi connectivity index (χ0n) is 10.0. The molecule has 0 saturated carbocycles. The summed E-state index contributed by atoms with van der Waals surface area (Å²) in [6, 6.07) is 8.30. The first-order chi connectivity index (χ1) is 9.58. The van der Waals surface area contributed by atoms with Crippen LogP contribution in [0.25, 0.3) is 16.9 Å². The summed E-state index contributed by atoms with van der Waals surface area (Å²) in [6.07, 6.45) is 1.13. The Labute approximate surface area is 117 Å². The van der Waals surface area contributed by atoms with Crippen LogP contribution in [0.4, 0.5) is 0 Å². The number of hydrogen-bond acceptors (Lipinski definition) is 3. The maximum absolute atomic E-state index is 12.0. The highest BCUT2D eigenvalue weighted by atomic mass is 35.5. The molecule has 1 aromatic carbocycles. The molecule has 100 valence electrons. The molecule has 0 aliphatic rings. The Morgan fingerprint density at radius 1 is 1.35 bits per heavy atom. The van der Waals surface area contributed by atoms with Gasteiger partial charge in [-0.25, -0.2) is 4.79 Å². The standard InChI is InChI=1S/C13H8ClN3O3/c14-9-4-2-1-3-7(9)10-5-11(18)17-12(16-10)8(6-15-17)13(19)20/h1-6,16H,(H,19,20). The zero-order valence-corrected chi connectivity index (χ0v) is 10.8. The van der Waals surface area contributed by atoms with Crippen molar-refractivity contribution in [3.63, 3.8) is 0 Å². The van der Waals surface area contributed by atoms with Crippen molar-refractivity contribution in [3.05, 3.63) is 57.5 Å². The Kier molecular flexibility index (Phi) is 2.80. The number of aromatic nitrogens is 3. The van der Waals surface area contributed by atoms with E-state index in [1.807, 2.05) is 0 Å². The van der Waals surface area contributed by atoms with Crippen molar-refractivity contribution < 1.29 is 9.90 Å². The summed E-state index contributed by atoms with van der Waals surface area (Å²) in [5.41, 5.74) is 0.680. The van der Waals surface area contributed by atoms with Gasteiger partial charge >= 0.3 is 5.97 Å². The second-order valence-electron chi connectivity index (χ2n) is 4.12. The quantitative estimate of drug-likeness (QED) is 0.756. The summed E-state index contributed by atoms with van der Waals surface area (Å²) in [6.45, 7) is 0. The molecule has 0 aliphatic heterocycles. The van der Waals surface area contributed by atoms with Gasteiger partial charge in [0.05, 0.1) is 11.9 Å².